The lowest BCUT2D eigenvalue weighted by molar-refractivity contribution is -0.384. The highest BCUT2D eigenvalue weighted by atomic mass is 79.9. The van der Waals surface area contributed by atoms with Crippen molar-refractivity contribution in [3.63, 3.8) is 0 Å². The van der Waals surface area contributed by atoms with E-state index in [2.05, 4.69) is 21.2 Å². The second-order valence-corrected chi connectivity index (χ2v) is 8.82. The number of thiocarbonyl (C=S) groups is 1. The Labute approximate surface area is 209 Å². The zero-order valence-corrected chi connectivity index (χ0v) is 20.6. The fourth-order valence-corrected chi connectivity index (χ4v) is 4.20. The maximum absolute atomic E-state index is 12.6. The number of anilines is 1. The van der Waals surface area contributed by atoms with Crippen LogP contribution in [0.1, 0.15) is 10.6 Å². The summed E-state index contributed by atoms with van der Waals surface area (Å²) in [6.07, 6.45) is 0. The zero-order valence-electron chi connectivity index (χ0n) is 18.2. The van der Waals surface area contributed by atoms with E-state index < -0.39 is 10.8 Å². The van der Waals surface area contributed by atoms with Crippen LogP contribution in [0, 0.1) is 10.1 Å². The fourth-order valence-electron chi connectivity index (χ4n) is 3.66. The number of benzene rings is 2. The highest BCUT2D eigenvalue weighted by Crippen LogP contribution is 2.32. The van der Waals surface area contributed by atoms with Crippen molar-refractivity contribution in [1.82, 2.24) is 10.2 Å². The third-order valence-corrected chi connectivity index (χ3v) is 6.35. The molecular formula is C23H21BrN4O5S. The summed E-state index contributed by atoms with van der Waals surface area (Å²) in [6.45, 7) is 2.03. The molecule has 34 heavy (non-hydrogen) atoms. The van der Waals surface area contributed by atoms with E-state index in [1.807, 2.05) is 34.1 Å². The number of carbonyl (C=O) groups excluding carboxylic acids is 1. The van der Waals surface area contributed by atoms with Crippen molar-refractivity contribution in [3.05, 3.63) is 74.9 Å². The molecule has 1 aliphatic heterocycles. The molecule has 1 amide bonds. The number of rotatable bonds is 5. The van der Waals surface area contributed by atoms with Crippen molar-refractivity contribution in [2.24, 2.45) is 0 Å². The van der Waals surface area contributed by atoms with E-state index in [1.165, 1.54) is 13.2 Å². The van der Waals surface area contributed by atoms with Gasteiger partial charge < -0.3 is 19.0 Å². The number of piperazine rings is 1. The standard InChI is InChI=1S/C23H21BrN4O5S/c1-32-17-6-7-18(19(14-17)28(30)31)26-10-12-27(13-11-26)23(34)25-22(29)21-9-8-20(33-21)15-2-4-16(24)5-3-15/h2-9,14H,10-13H2,1H3,(H,25,29,34). The number of methoxy groups -OCH3 is 1. The van der Waals surface area contributed by atoms with Gasteiger partial charge in [-0.05, 0) is 48.6 Å². The van der Waals surface area contributed by atoms with Crippen molar-refractivity contribution in [2.45, 2.75) is 0 Å². The Morgan fingerprint density at radius 2 is 1.82 bits per heavy atom. The van der Waals surface area contributed by atoms with Gasteiger partial charge in [-0.2, -0.15) is 0 Å². The summed E-state index contributed by atoms with van der Waals surface area (Å²) in [5.74, 6) is 0.742. The number of ether oxygens (including phenoxy) is 1. The van der Waals surface area contributed by atoms with Crippen LogP contribution in [0.4, 0.5) is 11.4 Å². The third kappa shape index (κ3) is 5.20. The number of nitrogens with one attached hydrogen (secondary N) is 1. The number of furan rings is 1. The van der Waals surface area contributed by atoms with Crippen LogP contribution in [0.3, 0.4) is 0 Å². The smallest absolute Gasteiger partial charge is 0.296 e. The first-order chi connectivity index (χ1) is 16.4. The number of nitro groups is 1. The Morgan fingerprint density at radius 3 is 2.47 bits per heavy atom. The average molecular weight is 545 g/mol. The van der Waals surface area contributed by atoms with E-state index in [9.17, 15) is 14.9 Å². The van der Waals surface area contributed by atoms with Crippen molar-refractivity contribution in [2.75, 3.05) is 38.2 Å². The van der Waals surface area contributed by atoms with Crippen LogP contribution >= 0.6 is 28.1 Å². The van der Waals surface area contributed by atoms with Gasteiger partial charge in [0.2, 0.25) is 0 Å². The predicted molar refractivity (Wildman–Crippen MR) is 135 cm³/mol. The summed E-state index contributed by atoms with van der Waals surface area (Å²) < 4.78 is 11.8. The Kier molecular flexibility index (Phi) is 7.13. The van der Waals surface area contributed by atoms with Crippen molar-refractivity contribution >= 4 is 50.5 Å². The molecule has 11 heteroatoms. The van der Waals surface area contributed by atoms with Crippen LogP contribution in [-0.2, 0) is 0 Å². The molecule has 0 radical (unpaired) electrons. The quantitative estimate of drug-likeness (QED) is 0.285. The van der Waals surface area contributed by atoms with Crippen LogP contribution in [0.25, 0.3) is 11.3 Å². The molecule has 1 N–H and O–H groups in total. The molecule has 1 aliphatic rings. The maximum atomic E-state index is 12.6. The van der Waals surface area contributed by atoms with Crippen LogP contribution in [0.15, 0.2) is 63.5 Å². The fraction of sp³-hybridized carbons (Fsp3) is 0.217. The zero-order chi connectivity index (χ0) is 24.2. The van der Waals surface area contributed by atoms with Gasteiger partial charge in [-0.1, -0.05) is 28.1 Å². The number of hydrogen-bond donors (Lipinski definition) is 1. The van der Waals surface area contributed by atoms with Crippen molar-refractivity contribution < 1.29 is 18.9 Å². The van der Waals surface area contributed by atoms with Crippen LogP contribution in [0.2, 0.25) is 0 Å². The largest absolute Gasteiger partial charge is 0.496 e. The number of amides is 1. The molecule has 0 spiro atoms. The molecule has 1 saturated heterocycles. The minimum Gasteiger partial charge on any atom is -0.496 e. The minimum absolute atomic E-state index is 0.0110. The first-order valence-electron chi connectivity index (χ1n) is 10.4. The lowest BCUT2D eigenvalue weighted by Crippen LogP contribution is -2.52. The van der Waals surface area contributed by atoms with Gasteiger partial charge in [0.1, 0.15) is 17.2 Å². The monoisotopic (exact) mass is 544 g/mol. The SMILES string of the molecule is COc1ccc(N2CCN(C(=S)NC(=O)c3ccc(-c4ccc(Br)cc4)o3)CC2)c([N+](=O)[O-])c1. The number of nitrogens with zero attached hydrogens (tertiary/aromatic N) is 3. The van der Waals surface area contributed by atoms with E-state index in [-0.39, 0.29) is 16.6 Å². The summed E-state index contributed by atoms with van der Waals surface area (Å²) in [7, 11) is 1.47. The summed E-state index contributed by atoms with van der Waals surface area (Å²) in [5.41, 5.74) is 1.37. The Morgan fingerprint density at radius 1 is 1.12 bits per heavy atom. The van der Waals surface area contributed by atoms with E-state index in [0.717, 1.165) is 10.0 Å². The second kappa shape index (κ2) is 10.2. The number of hydrogen-bond acceptors (Lipinski definition) is 7. The normalized spacial score (nSPS) is 13.5. The molecule has 3 aromatic rings. The summed E-state index contributed by atoms with van der Waals surface area (Å²) in [5, 5.41) is 14.5. The molecule has 1 fully saturated rings. The predicted octanol–water partition coefficient (Wildman–Crippen LogP) is 4.46. The van der Waals surface area contributed by atoms with Gasteiger partial charge in [0.05, 0.1) is 18.1 Å². The van der Waals surface area contributed by atoms with E-state index in [1.54, 1.807) is 24.3 Å². The van der Waals surface area contributed by atoms with Gasteiger partial charge >= 0.3 is 0 Å². The van der Waals surface area contributed by atoms with E-state index in [4.69, 9.17) is 21.4 Å². The molecule has 0 saturated carbocycles. The Bertz CT molecular complexity index is 1220. The molecular weight excluding hydrogens is 524 g/mol. The Hall–Kier alpha value is -3.44. The van der Waals surface area contributed by atoms with E-state index >= 15 is 0 Å². The topological polar surface area (TPSA) is 101 Å². The van der Waals surface area contributed by atoms with Gasteiger partial charge in [0.25, 0.3) is 11.6 Å². The molecule has 2 aromatic carbocycles. The summed E-state index contributed by atoms with van der Waals surface area (Å²) in [4.78, 5) is 27.5. The average Bonchev–Trinajstić information content (AvgIpc) is 3.34. The molecule has 176 valence electrons. The third-order valence-electron chi connectivity index (χ3n) is 5.47. The number of nitro benzene ring substituents is 1. The highest BCUT2D eigenvalue weighted by molar-refractivity contribution is 9.10. The van der Waals surface area contributed by atoms with Gasteiger partial charge in [-0.15, -0.1) is 0 Å². The second-order valence-electron chi connectivity index (χ2n) is 7.52. The molecule has 0 aliphatic carbocycles. The first kappa shape index (κ1) is 23.7. The van der Waals surface area contributed by atoms with Gasteiger partial charge in [-0.25, -0.2) is 0 Å². The lowest BCUT2D eigenvalue weighted by Gasteiger charge is -2.36. The van der Waals surface area contributed by atoms with Crippen LogP contribution < -0.4 is 15.0 Å². The molecule has 0 unspecified atom stereocenters. The number of carbonyl (C=O) groups is 1. The van der Waals surface area contributed by atoms with Crippen molar-refractivity contribution in [3.8, 4) is 17.1 Å². The van der Waals surface area contributed by atoms with Gasteiger partial charge in [-0.3, -0.25) is 20.2 Å². The molecule has 9 nitrogen and oxygen atoms in total. The van der Waals surface area contributed by atoms with Crippen molar-refractivity contribution in [1.29, 1.82) is 0 Å². The molecule has 0 bridgehead atoms. The molecule has 2 heterocycles. The molecule has 4 rings (SSSR count). The first-order valence-corrected chi connectivity index (χ1v) is 11.6. The van der Waals surface area contributed by atoms with Crippen LogP contribution in [-0.4, -0.2) is 54.1 Å². The lowest BCUT2D eigenvalue weighted by atomic mass is 10.2. The van der Waals surface area contributed by atoms with Crippen LogP contribution in [0.5, 0.6) is 5.75 Å². The number of halogens is 1. The highest BCUT2D eigenvalue weighted by Gasteiger charge is 2.26. The molecule has 1 aromatic heterocycles. The van der Waals surface area contributed by atoms with E-state index in [0.29, 0.717) is 43.4 Å². The van der Waals surface area contributed by atoms with Gasteiger partial charge in [0, 0.05) is 36.2 Å². The summed E-state index contributed by atoms with van der Waals surface area (Å²) in [6, 6.07) is 15.7. The Balaban J connectivity index is 1.36. The minimum atomic E-state index is -0.429. The van der Waals surface area contributed by atoms with Gasteiger partial charge in [0.15, 0.2) is 10.9 Å². The summed E-state index contributed by atoms with van der Waals surface area (Å²) >= 11 is 8.82. The maximum Gasteiger partial charge on any atom is 0.296 e. The molecule has 0 atom stereocenters.